The minimum Gasteiger partial charge on any atom is -0.488 e. The molecule has 4 rings (SSSR count). The SMILES string of the molecule is C[C@H]1COCCCOc2nccc(n2)-c2n[nH]c3ccc(cc23)O1. The van der Waals surface area contributed by atoms with Gasteiger partial charge in [-0.15, -0.1) is 0 Å². The number of ether oxygens (including phenoxy) is 3. The monoisotopic (exact) mass is 326 g/mol. The van der Waals surface area contributed by atoms with Crippen molar-refractivity contribution in [3.8, 4) is 23.1 Å². The lowest BCUT2D eigenvalue weighted by Gasteiger charge is -2.15. The summed E-state index contributed by atoms with van der Waals surface area (Å²) in [6.45, 7) is 3.63. The Morgan fingerprint density at radius 2 is 2.17 bits per heavy atom. The van der Waals surface area contributed by atoms with Crippen molar-refractivity contribution in [1.82, 2.24) is 20.2 Å². The quantitative estimate of drug-likeness (QED) is 0.684. The predicted octanol–water partition coefficient (Wildman–Crippen LogP) is 2.59. The summed E-state index contributed by atoms with van der Waals surface area (Å²) in [7, 11) is 0. The van der Waals surface area contributed by atoms with E-state index in [2.05, 4.69) is 20.2 Å². The first kappa shape index (κ1) is 14.9. The number of fused-ring (bicyclic) bond motifs is 4. The second-order valence-electron chi connectivity index (χ2n) is 5.71. The highest BCUT2D eigenvalue weighted by atomic mass is 16.5. The molecular formula is C17H18N4O3. The molecule has 1 N–H and O–H groups in total. The van der Waals surface area contributed by atoms with Crippen LogP contribution in [0.5, 0.6) is 11.8 Å². The van der Waals surface area contributed by atoms with Gasteiger partial charge in [-0.2, -0.15) is 10.1 Å². The first-order valence-corrected chi connectivity index (χ1v) is 7.98. The largest absolute Gasteiger partial charge is 0.488 e. The van der Waals surface area contributed by atoms with Crippen molar-refractivity contribution < 1.29 is 14.2 Å². The van der Waals surface area contributed by atoms with Crippen molar-refractivity contribution in [2.75, 3.05) is 19.8 Å². The smallest absolute Gasteiger partial charge is 0.316 e. The van der Waals surface area contributed by atoms with Gasteiger partial charge in [-0.1, -0.05) is 0 Å². The van der Waals surface area contributed by atoms with E-state index in [9.17, 15) is 0 Å². The van der Waals surface area contributed by atoms with Crippen LogP contribution in [0.3, 0.4) is 0 Å². The molecule has 24 heavy (non-hydrogen) atoms. The maximum absolute atomic E-state index is 5.95. The summed E-state index contributed by atoms with van der Waals surface area (Å²) in [5.41, 5.74) is 2.38. The summed E-state index contributed by atoms with van der Waals surface area (Å²) in [4.78, 5) is 8.60. The fourth-order valence-corrected chi connectivity index (χ4v) is 2.64. The van der Waals surface area contributed by atoms with Crippen molar-refractivity contribution in [2.24, 2.45) is 0 Å². The lowest BCUT2D eigenvalue weighted by Crippen LogP contribution is -2.20. The Hall–Kier alpha value is -2.67. The fraction of sp³-hybridized carbons (Fsp3) is 0.353. The molecule has 0 fully saturated rings. The fourth-order valence-electron chi connectivity index (χ4n) is 2.64. The highest BCUT2D eigenvalue weighted by Crippen LogP contribution is 2.29. The van der Waals surface area contributed by atoms with Crippen molar-refractivity contribution in [3.63, 3.8) is 0 Å². The minimum absolute atomic E-state index is 0.0373. The molecule has 3 heterocycles. The number of hydrogen-bond acceptors (Lipinski definition) is 6. The molecule has 1 aromatic carbocycles. The predicted molar refractivity (Wildman–Crippen MR) is 88.1 cm³/mol. The van der Waals surface area contributed by atoms with Crippen LogP contribution in [0, 0.1) is 0 Å². The molecule has 1 aliphatic heterocycles. The molecule has 7 nitrogen and oxygen atoms in total. The molecule has 124 valence electrons. The standard InChI is InChI=1S/C17H18N4O3/c1-11-10-22-7-2-8-23-17-18-6-5-15(19-17)16-13-9-12(24-11)3-4-14(13)20-21-16/h3-6,9,11H,2,7-8,10H2,1H3,(H,20,21)/t11-/m0/s1. The van der Waals surface area contributed by atoms with Gasteiger partial charge in [-0.3, -0.25) is 5.10 Å². The van der Waals surface area contributed by atoms with E-state index in [1.165, 1.54) is 0 Å². The van der Waals surface area contributed by atoms with Gasteiger partial charge in [0, 0.05) is 24.6 Å². The molecule has 2 aromatic heterocycles. The van der Waals surface area contributed by atoms with Crippen molar-refractivity contribution in [1.29, 1.82) is 0 Å². The average Bonchev–Trinajstić information content (AvgIpc) is 3.01. The molecule has 0 amide bonds. The van der Waals surface area contributed by atoms with Crippen LogP contribution in [0.4, 0.5) is 0 Å². The molecule has 0 saturated carbocycles. The number of benzene rings is 1. The number of nitrogens with one attached hydrogen (secondary N) is 1. The summed E-state index contributed by atoms with van der Waals surface area (Å²) >= 11 is 0. The number of H-pyrrole nitrogens is 1. The van der Waals surface area contributed by atoms with Gasteiger partial charge in [-0.25, -0.2) is 4.98 Å². The van der Waals surface area contributed by atoms with E-state index in [4.69, 9.17) is 14.2 Å². The molecule has 1 aliphatic rings. The third-order valence-corrected chi connectivity index (χ3v) is 3.76. The Morgan fingerprint density at radius 1 is 1.21 bits per heavy atom. The van der Waals surface area contributed by atoms with Gasteiger partial charge in [0.15, 0.2) is 0 Å². The van der Waals surface area contributed by atoms with Crippen LogP contribution < -0.4 is 9.47 Å². The number of aromatic nitrogens is 4. The summed E-state index contributed by atoms with van der Waals surface area (Å²) in [6, 6.07) is 8.00. The topological polar surface area (TPSA) is 82.2 Å². The van der Waals surface area contributed by atoms with Gasteiger partial charge >= 0.3 is 6.01 Å². The highest BCUT2D eigenvalue weighted by molar-refractivity contribution is 5.92. The molecule has 0 saturated heterocycles. The highest BCUT2D eigenvalue weighted by Gasteiger charge is 2.13. The van der Waals surface area contributed by atoms with E-state index < -0.39 is 0 Å². The number of hydrogen-bond donors (Lipinski definition) is 1. The molecule has 0 unspecified atom stereocenters. The van der Waals surface area contributed by atoms with E-state index in [0.29, 0.717) is 31.5 Å². The van der Waals surface area contributed by atoms with Gasteiger partial charge in [0.05, 0.1) is 24.4 Å². The third kappa shape index (κ3) is 3.03. The molecule has 0 radical (unpaired) electrons. The third-order valence-electron chi connectivity index (χ3n) is 3.76. The lowest BCUT2D eigenvalue weighted by atomic mass is 10.1. The zero-order valence-electron chi connectivity index (χ0n) is 13.4. The lowest BCUT2D eigenvalue weighted by molar-refractivity contribution is 0.0523. The first-order chi connectivity index (χ1) is 11.8. The Morgan fingerprint density at radius 3 is 3.12 bits per heavy atom. The van der Waals surface area contributed by atoms with Crippen LogP contribution in [0.1, 0.15) is 13.3 Å². The van der Waals surface area contributed by atoms with Crippen LogP contribution in [0.25, 0.3) is 22.3 Å². The van der Waals surface area contributed by atoms with Crippen LogP contribution in [-0.2, 0) is 4.74 Å². The van der Waals surface area contributed by atoms with Gasteiger partial charge in [0.1, 0.15) is 17.5 Å². The number of rotatable bonds is 0. The van der Waals surface area contributed by atoms with Gasteiger partial charge in [0.2, 0.25) is 0 Å². The Labute approximate surface area is 139 Å². The van der Waals surface area contributed by atoms with Crippen LogP contribution >= 0.6 is 0 Å². The van der Waals surface area contributed by atoms with Gasteiger partial charge < -0.3 is 14.2 Å². The Kier molecular flexibility index (Phi) is 4.00. The normalized spacial score (nSPS) is 18.5. The Balaban J connectivity index is 1.79. The maximum atomic E-state index is 5.95. The molecule has 0 aliphatic carbocycles. The summed E-state index contributed by atoms with van der Waals surface area (Å²) in [6.07, 6.45) is 2.40. The Bertz CT molecular complexity index is 849. The second kappa shape index (κ2) is 6.45. The zero-order valence-corrected chi connectivity index (χ0v) is 13.4. The van der Waals surface area contributed by atoms with E-state index in [1.54, 1.807) is 6.20 Å². The molecule has 7 heteroatoms. The summed E-state index contributed by atoms with van der Waals surface area (Å²) < 4.78 is 17.2. The second-order valence-corrected chi connectivity index (χ2v) is 5.71. The van der Waals surface area contributed by atoms with Crippen LogP contribution in [0.2, 0.25) is 0 Å². The van der Waals surface area contributed by atoms with Crippen molar-refractivity contribution in [3.05, 3.63) is 30.5 Å². The van der Waals surface area contributed by atoms with E-state index in [0.717, 1.165) is 28.8 Å². The molecule has 4 bridgehead atoms. The molecule has 3 aromatic rings. The first-order valence-electron chi connectivity index (χ1n) is 7.98. The van der Waals surface area contributed by atoms with Gasteiger partial charge in [-0.05, 0) is 31.2 Å². The van der Waals surface area contributed by atoms with Crippen LogP contribution in [0.15, 0.2) is 30.5 Å². The summed E-state index contributed by atoms with van der Waals surface area (Å²) in [5.74, 6) is 0.779. The van der Waals surface area contributed by atoms with Gasteiger partial charge in [0.25, 0.3) is 0 Å². The van der Waals surface area contributed by atoms with Crippen molar-refractivity contribution in [2.45, 2.75) is 19.4 Å². The average molecular weight is 326 g/mol. The van der Waals surface area contributed by atoms with E-state index in [-0.39, 0.29) is 6.10 Å². The molecule has 1 atom stereocenters. The number of aromatic amines is 1. The zero-order chi connectivity index (χ0) is 16.4. The summed E-state index contributed by atoms with van der Waals surface area (Å²) in [5, 5.41) is 8.36. The van der Waals surface area contributed by atoms with E-state index >= 15 is 0 Å². The van der Waals surface area contributed by atoms with Crippen LogP contribution in [-0.4, -0.2) is 46.1 Å². The van der Waals surface area contributed by atoms with E-state index in [1.807, 2.05) is 31.2 Å². The maximum Gasteiger partial charge on any atom is 0.316 e. The molecular weight excluding hydrogens is 308 g/mol. The van der Waals surface area contributed by atoms with Crippen molar-refractivity contribution >= 4 is 10.9 Å². The molecule has 0 spiro atoms. The number of nitrogens with zero attached hydrogens (tertiary/aromatic N) is 3. The minimum atomic E-state index is -0.0373.